The molecule has 0 aliphatic rings. The van der Waals surface area contributed by atoms with E-state index in [1.165, 1.54) is 5.56 Å². The first-order valence-electron chi connectivity index (χ1n) is 8.10. The van der Waals surface area contributed by atoms with E-state index in [0.29, 0.717) is 12.1 Å². The van der Waals surface area contributed by atoms with Crippen LogP contribution in [-0.4, -0.2) is 15.3 Å². The molecule has 25 heavy (non-hydrogen) atoms. The van der Waals surface area contributed by atoms with Crippen LogP contribution in [0.3, 0.4) is 0 Å². The van der Waals surface area contributed by atoms with Gasteiger partial charge in [0.2, 0.25) is 0 Å². The Hall–Kier alpha value is -3.34. The summed E-state index contributed by atoms with van der Waals surface area (Å²) in [5.41, 5.74) is 2.59. The zero-order valence-electron chi connectivity index (χ0n) is 13.6. The molecule has 1 amide bonds. The molecular formula is C20H17N3O2. The number of rotatable bonds is 5. The van der Waals surface area contributed by atoms with E-state index in [0.717, 1.165) is 23.6 Å². The van der Waals surface area contributed by atoms with Gasteiger partial charge < -0.3 is 14.1 Å². The van der Waals surface area contributed by atoms with Crippen molar-refractivity contribution in [2.75, 3.05) is 0 Å². The lowest BCUT2D eigenvalue weighted by Gasteiger charge is -2.04. The van der Waals surface area contributed by atoms with Gasteiger partial charge >= 0.3 is 0 Å². The summed E-state index contributed by atoms with van der Waals surface area (Å²) in [5, 5.41) is 2.88. The van der Waals surface area contributed by atoms with E-state index in [9.17, 15) is 4.79 Å². The van der Waals surface area contributed by atoms with Crippen LogP contribution in [0.1, 0.15) is 27.4 Å². The molecule has 4 aromatic rings. The predicted molar refractivity (Wildman–Crippen MR) is 94.3 cm³/mol. The van der Waals surface area contributed by atoms with Crippen molar-refractivity contribution < 1.29 is 9.21 Å². The Kier molecular flexibility index (Phi) is 4.04. The first kappa shape index (κ1) is 15.2. The minimum atomic E-state index is -0.142. The van der Waals surface area contributed by atoms with Crippen LogP contribution in [0.4, 0.5) is 0 Å². The molecule has 0 atom stereocenters. The van der Waals surface area contributed by atoms with Gasteiger partial charge in [-0.3, -0.25) is 4.79 Å². The van der Waals surface area contributed by atoms with E-state index >= 15 is 0 Å². The van der Waals surface area contributed by atoms with Crippen LogP contribution < -0.4 is 5.32 Å². The molecule has 0 saturated carbocycles. The summed E-state index contributed by atoms with van der Waals surface area (Å²) in [4.78, 5) is 16.5. The van der Waals surface area contributed by atoms with Crippen molar-refractivity contribution in [3.8, 4) is 0 Å². The van der Waals surface area contributed by atoms with Crippen molar-refractivity contribution in [2.45, 2.75) is 13.0 Å². The zero-order valence-corrected chi connectivity index (χ0v) is 13.6. The van der Waals surface area contributed by atoms with Gasteiger partial charge in [-0.2, -0.15) is 0 Å². The molecular weight excluding hydrogens is 314 g/mol. The lowest BCUT2D eigenvalue weighted by molar-refractivity contribution is 0.0947. The molecule has 0 saturated heterocycles. The summed E-state index contributed by atoms with van der Waals surface area (Å²) in [6, 6.07) is 17.6. The lowest BCUT2D eigenvalue weighted by Crippen LogP contribution is -2.22. The number of imidazole rings is 1. The summed E-state index contributed by atoms with van der Waals surface area (Å²) in [6.45, 7) is 0.357. The number of nitrogens with one attached hydrogen (secondary N) is 1. The molecule has 0 bridgehead atoms. The second kappa shape index (κ2) is 6.65. The summed E-state index contributed by atoms with van der Waals surface area (Å²) in [5.74, 6) is 1.48. The van der Waals surface area contributed by atoms with Crippen molar-refractivity contribution in [3.63, 3.8) is 0 Å². The standard InChI is InChI=1S/C20H17N3O2/c24-20(16-6-9-19-21-10-11-23(19)14-16)22-13-18-8-7-17(25-18)12-15-4-2-1-3-5-15/h1-11,14H,12-13H2,(H,22,24). The number of carbonyl (C=O) groups is 1. The number of carbonyl (C=O) groups excluding carboxylic acids is 1. The third kappa shape index (κ3) is 3.45. The SMILES string of the molecule is O=C(NCc1ccc(Cc2ccccc2)o1)c1ccc2nccn2c1. The highest BCUT2D eigenvalue weighted by atomic mass is 16.3. The second-order valence-corrected chi connectivity index (χ2v) is 5.82. The van der Waals surface area contributed by atoms with Gasteiger partial charge in [0.1, 0.15) is 17.2 Å². The van der Waals surface area contributed by atoms with E-state index in [1.54, 1.807) is 18.5 Å². The predicted octanol–water partition coefficient (Wildman–Crippen LogP) is 3.45. The van der Waals surface area contributed by atoms with Crippen LogP contribution >= 0.6 is 0 Å². The van der Waals surface area contributed by atoms with Gasteiger partial charge in [-0.25, -0.2) is 4.98 Å². The monoisotopic (exact) mass is 331 g/mol. The molecule has 0 radical (unpaired) electrons. The molecule has 4 rings (SSSR count). The van der Waals surface area contributed by atoms with E-state index in [1.807, 2.05) is 47.0 Å². The van der Waals surface area contributed by atoms with E-state index < -0.39 is 0 Å². The Morgan fingerprint density at radius 2 is 1.88 bits per heavy atom. The molecule has 5 heteroatoms. The van der Waals surface area contributed by atoms with Crippen molar-refractivity contribution in [1.29, 1.82) is 0 Å². The van der Waals surface area contributed by atoms with Crippen molar-refractivity contribution in [1.82, 2.24) is 14.7 Å². The van der Waals surface area contributed by atoms with E-state index in [-0.39, 0.29) is 5.91 Å². The maximum Gasteiger partial charge on any atom is 0.253 e. The molecule has 124 valence electrons. The Bertz CT molecular complexity index is 1000. The topological polar surface area (TPSA) is 59.5 Å². The molecule has 3 heterocycles. The van der Waals surface area contributed by atoms with Gasteiger partial charge in [-0.05, 0) is 29.8 Å². The first-order valence-corrected chi connectivity index (χ1v) is 8.10. The maximum absolute atomic E-state index is 12.3. The minimum absolute atomic E-state index is 0.142. The molecule has 1 aromatic carbocycles. The van der Waals surface area contributed by atoms with Gasteiger partial charge in [0.15, 0.2) is 0 Å². The quantitative estimate of drug-likeness (QED) is 0.609. The van der Waals surface area contributed by atoms with Crippen molar-refractivity contribution in [2.24, 2.45) is 0 Å². The van der Waals surface area contributed by atoms with Gasteiger partial charge in [0.05, 0.1) is 12.1 Å². The average molecular weight is 331 g/mol. The molecule has 0 aliphatic heterocycles. The third-order valence-electron chi connectivity index (χ3n) is 4.01. The lowest BCUT2D eigenvalue weighted by atomic mass is 10.1. The number of aromatic nitrogens is 2. The zero-order chi connectivity index (χ0) is 17.1. The van der Waals surface area contributed by atoms with Gasteiger partial charge in [0.25, 0.3) is 5.91 Å². The number of nitrogens with zero attached hydrogens (tertiary/aromatic N) is 2. The Balaban J connectivity index is 1.38. The molecule has 1 N–H and O–H groups in total. The summed E-state index contributed by atoms with van der Waals surface area (Å²) >= 11 is 0. The molecule has 0 fully saturated rings. The van der Waals surface area contributed by atoms with Crippen LogP contribution in [0.15, 0.2) is 77.6 Å². The fourth-order valence-electron chi connectivity index (χ4n) is 2.73. The first-order chi connectivity index (χ1) is 12.3. The van der Waals surface area contributed by atoms with Gasteiger partial charge in [-0.1, -0.05) is 30.3 Å². The largest absolute Gasteiger partial charge is 0.464 e. The van der Waals surface area contributed by atoms with Crippen molar-refractivity contribution in [3.05, 3.63) is 95.8 Å². The number of hydrogen-bond donors (Lipinski definition) is 1. The minimum Gasteiger partial charge on any atom is -0.464 e. The third-order valence-corrected chi connectivity index (χ3v) is 4.01. The molecule has 3 aromatic heterocycles. The van der Waals surface area contributed by atoms with Crippen LogP contribution in [0.2, 0.25) is 0 Å². The van der Waals surface area contributed by atoms with Crippen molar-refractivity contribution >= 4 is 11.6 Å². The second-order valence-electron chi connectivity index (χ2n) is 5.82. The van der Waals surface area contributed by atoms with Crippen LogP contribution in [0, 0.1) is 0 Å². The van der Waals surface area contributed by atoms with Crippen LogP contribution in [-0.2, 0) is 13.0 Å². The highest BCUT2D eigenvalue weighted by Crippen LogP contribution is 2.13. The highest BCUT2D eigenvalue weighted by Gasteiger charge is 2.09. The van der Waals surface area contributed by atoms with E-state index in [4.69, 9.17) is 4.42 Å². The van der Waals surface area contributed by atoms with Gasteiger partial charge in [0, 0.05) is 25.0 Å². The number of pyridine rings is 1. The average Bonchev–Trinajstić information content (AvgIpc) is 3.29. The molecule has 0 spiro atoms. The normalized spacial score (nSPS) is 10.9. The number of amides is 1. The molecule has 5 nitrogen and oxygen atoms in total. The maximum atomic E-state index is 12.3. The Morgan fingerprint density at radius 1 is 1.04 bits per heavy atom. The summed E-state index contributed by atoms with van der Waals surface area (Å²) in [6.07, 6.45) is 6.02. The smallest absolute Gasteiger partial charge is 0.253 e. The fraction of sp³-hybridized carbons (Fsp3) is 0.100. The summed E-state index contributed by atoms with van der Waals surface area (Å²) in [7, 11) is 0. The van der Waals surface area contributed by atoms with Crippen LogP contribution in [0.25, 0.3) is 5.65 Å². The fourth-order valence-corrected chi connectivity index (χ4v) is 2.73. The number of fused-ring (bicyclic) bond motifs is 1. The Labute approximate surface area is 144 Å². The van der Waals surface area contributed by atoms with Crippen LogP contribution in [0.5, 0.6) is 0 Å². The highest BCUT2D eigenvalue weighted by molar-refractivity contribution is 5.94. The van der Waals surface area contributed by atoms with Gasteiger partial charge in [-0.15, -0.1) is 0 Å². The molecule has 0 aliphatic carbocycles. The number of furan rings is 1. The van der Waals surface area contributed by atoms with E-state index in [2.05, 4.69) is 22.4 Å². The Morgan fingerprint density at radius 3 is 2.76 bits per heavy atom. The molecule has 0 unspecified atom stereocenters. The number of hydrogen-bond acceptors (Lipinski definition) is 3. The summed E-state index contributed by atoms with van der Waals surface area (Å²) < 4.78 is 7.62. The number of benzene rings is 1.